The Balaban J connectivity index is 0.00000192. The van der Waals surface area contributed by atoms with Crippen LogP contribution >= 0.6 is 0 Å². The summed E-state index contributed by atoms with van der Waals surface area (Å²) in [6.45, 7) is 11.8. The summed E-state index contributed by atoms with van der Waals surface area (Å²) < 4.78 is 0. The summed E-state index contributed by atoms with van der Waals surface area (Å²) in [5.41, 5.74) is 9.46. The van der Waals surface area contributed by atoms with E-state index in [2.05, 4.69) is 82.4 Å². The van der Waals surface area contributed by atoms with Crippen molar-refractivity contribution in [2.45, 2.75) is 45.3 Å². The van der Waals surface area contributed by atoms with Crippen LogP contribution in [0.3, 0.4) is 0 Å². The fraction of sp³-hybridized carbons (Fsp3) is 0.333. The van der Waals surface area contributed by atoms with Gasteiger partial charge in [0, 0.05) is 26.2 Å². The molecule has 1 aliphatic rings. The quantitative estimate of drug-likeness (QED) is 0.536. The first-order valence-electron chi connectivity index (χ1n) is 8.20. The molecule has 0 spiro atoms. The van der Waals surface area contributed by atoms with Crippen LogP contribution in [0.1, 0.15) is 48.9 Å². The first kappa shape index (κ1) is 18.6. The van der Waals surface area contributed by atoms with Crippen LogP contribution < -0.4 is 0 Å². The fourth-order valence-corrected chi connectivity index (χ4v) is 5.47. The number of hydrogen-bond donors (Lipinski definition) is 0. The van der Waals surface area contributed by atoms with Crippen molar-refractivity contribution in [1.82, 2.24) is 0 Å². The molecule has 0 aromatic heterocycles. The molecule has 1 radical (unpaired) electrons. The maximum atomic E-state index is 2.47. The maximum absolute atomic E-state index is 2.47. The van der Waals surface area contributed by atoms with E-state index >= 15 is 0 Å². The summed E-state index contributed by atoms with van der Waals surface area (Å²) in [4.78, 5) is 0. The van der Waals surface area contributed by atoms with Crippen LogP contribution in [0.2, 0.25) is 13.1 Å². The molecule has 0 N–H and O–H groups in total. The van der Waals surface area contributed by atoms with E-state index in [1.54, 1.807) is 11.1 Å². The summed E-state index contributed by atoms with van der Waals surface area (Å²) in [7, 11) is -0.381. The van der Waals surface area contributed by atoms with Gasteiger partial charge in [0.15, 0.2) is 0 Å². The molecule has 2 aromatic rings. The Morgan fingerprint density at radius 3 is 2.22 bits per heavy atom. The van der Waals surface area contributed by atoms with Crippen molar-refractivity contribution < 1.29 is 26.2 Å². The van der Waals surface area contributed by atoms with Gasteiger partial charge in [-0.05, 0) is 46.2 Å². The van der Waals surface area contributed by atoms with Crippen LogP contribution in [0.15, 0.2) is 48.0 Å². The van der Waals surface area contributed by atoms with Crippen molar-refractivity contribution in [1.29, 1.82) is 0 Å². The second-order valence-corrected chi connectivity index (χ2v) is 9.72. The van der Waals surface area contributed by atoms with Crippen LogP contribution in [0, 0.1) is 0 Å². The maximum Gasteiger partial charge on any atom is 0.0551 e. The van der Waals surface area contributed by atoms with Crippen molar-refractivity contribution in [2.24, 2.45) is 0 Å². The third kappa shape index (κ3) is 3.54. The molecule has 0 amide bonds. The zero-order valence-corrected chi connectivity index (χ0v) is 18.2. The van der Waals surface area contributed by atoms with Crippen LogP contribution in [0.4, 0.5) is 0 Å². The van der Waals surface area contributed by atoms with E-state index in [4.69, 9.17) is 0 Å². The van der Waals surface area contributed by atoms with Gasteiger partial charge in [0.2, 0.25) is 0 Å². The third-order valence-electron chi connectivity index (χ3n) is 4.70. The standard InChI is InChI=1S/C21H25Si.Zr/c1-14(2)17-12-18(16-9-7-6-8-10-16)19-11-15(3)21(22(4)5)20(19)13-17;/h6-14,21H,1-5H3;. The molecule has 2 heteroatoms. The number of rotatable bonds is 3. The van der Waals surface area contributed by atoms with Crippen LogP contribution in [-0.2, 0) is 26.2 Å². The van der Waals surface area contributed by atoms with Gasteiger partial charge in [0.05, 0.1) is 8.80 Å². The van der Waals surface area contributed by atoms with Crippen LogP contribution in [0.25, 0.3) is 17.2 Å². The van der Waals surface area contributed by atoms with Gasteiger partial charge in [-0.2, -0.15) is 0 Å². The molecular formula is C21H25SiZr. The smallest absolute Gasteiger partial charge is 0.0551 e. The van der Waals surface area contributed by atoms with Crippen molar-refractivity contribution in [3.05, 3.63) is 64.7 Å². The Kier molecular flexibility index (Phi) is 6.03. The van der Waals surface area contributed by atoms with Crippen molar-refractivity contribution in [3.63, 3.8) is 0 Å². The summed E-state index contributed by atoms with van der Waals surface area (Å²) in [5, 5.41) is 0. The first-order valence-corrected chi connectivity index (χ1v) is 10.8. The molecule has 2 aromatic carbocycles. The molecule has 0 bridgehead atoms. The minimum Gasteiger partial charge on any atom is -0.0705 e. The molecule has 1 atom stereocenters. The summed E-state index contributed by atoms with van der Waals surface area (Å²) in [5.74, 6) is 0.568. The van der Waals surface area contributed by atoms with Crippen LogP contribution in [-0.4, -0.2) is 8.80 Å². The minimum absolute atomic E-state index is 0. The molecule has 0 saturated carbocycles. The molecule has 23 heavy (non-hydrogen) atoms. The van der Waals surface area contributed by atoms with E-state index in [0.717, 1.165) is 0 Å². The average molecular weight is 397 g/mol. The number of fused-ring (bicyclic) bond motifs is 1. The van der Waals surface area contributed by atoms with Gasteiger partial charge in [-0.3, -0.25) is 0 Å². The zero-order chi connectivity index (χ0) is 15.9. The predicted molar refractivity (Wildman–Crippen MR) is 99.8 cm³/mol. The Morgan fingerprint density at radius 2 is 1.65 bits per heavy atom. The Bertz CT molecular complexity index is 714. The van der Waals surface area contributed by atoms with Gasteiger partial charge in [-0.25, -0.2) is 0 Å². The van der Waals surface area contributed by atoms with Gasteiger partial charge in [-0.15, -0.1) is 0 Å². The molecule has 0 heterocycles. The van der Waals surface area contributed by atoms with E-state index in [1.807, 2.05) is 0 Å². The molecular weight excluding hydrogens is 372 g/mol. The molecule has 0 fully saturated rings. The Hall–Kier alpha value is -0.720. The molecule has 0 saturated heterocycles. The van der Waals surface area contributed by atoms with Gasteiger partial charge in [-0.1, -0.05) is 81.1 Å². The largest absolute Gasteiger partial charge is 0.0705 e. The van der Waals surface area contributed by atoms with Crippen LogP contribution in [0.5, 0.6) is 0 Å². The molecule has 117 valence electrons. The number of allylic oxidation sites excluding steroid dienone is 1. The summed E-state index contributed by atoms with van der Waals surface area (Å²) in [6, 6.07) is 15.7. The normalized spacial score (nSPS) is 16.3. The Labute approximate surface area is 161 Å². The first-order chi connectivity index (χ1) is 10.5. The topological polar surface area (TPSA) is 0 Å². The zero-order valence-electron chi connectivity index (χ0n) is 14.8. The minimum atomic E-state index is -0.381. The monoisotopic (exact) mass is 395 g/mol. The molecule has 3 rings (SSSR count). The fourth-order valence-electron chi connectivity index (χ4n) is 3.61. The summed E-state index contributed by atoms with van der Waals surface area (Å²) >= 11 is 0. The van der Waals surface area contributed by atoms with E-state index in [1.165, 1.54) is 22.3 Å². The van der Waals surface area contributed by atoms with Gasteiger partial charge < -0.3 is 0 Å². The van der Waals surface area contributed by atoms with E-state index < -0.39 is 0 Å². The van der Waals surface area contributed by atoms with Gasteiger partial charge in [0.1, 0.15) is 0 Å². The number of benzene rings is 2. The summed E-state index contributed by atoms with van der Waals surface area (Å²) in [6.07, 6.45) is 2.43. The van der Waals surface area contributed by atoms with Gasteiger partial charge in [0.25, 0.3) is 0 Å². The van der Waals surface area contributed by atoms with Gasteiger partial charge >= 0.3 is 0 Å². The van der Waals surface area contributed by atoms with Crippen molar-refractivity contribution >= 4 is 14.9 Å². The molecule has 0 aliphatic heterocycles. The van der Waals surface area contributed by atoms with E-state index in [0.29, 0.717) is 11.5 Å². The molecule has 0 nitrogen and oxygen atoms in total. The second-order valence-electron chi connectivity index (χ2n) is 6.99. The number of hydrogen-bond acceptors (Lipinski definition) is 0. The van der Waals surface area contributed by atoms with Crippen molar-refractivity contribution in [2.75, 3.05) is 0 Å². The molecule has 1 unspecified atom stereocenters. The molecule has 1 aliphatic carbocycles. The second kappa shape index (κ2) is 7.45. The SMILES string of the molecule is CC1=Cc2c(-c3ccccc3)cc(C(C)C)cc2C1[Si](C)C.[Zr]. The van der Waals surface area contributed by atoms with E-state index in [-0.39, 0.29) is 35.0 Å². The third-order valence-corrected chi connectivity index (χ3v) is 6.62. The average Bonchev–Trinajstić information content (AvgIpc) is 2.82. The predicted octanol–water partition coefficient (Wildman–Crippen LogP) is 6.27. The van der Waals surface area contributed by atoms with Crippen molar-refractivity contribution in [3.8, 4) is 11.1 Å². The van der Waals surface area contributed by atoms with E-state index in [9.17, 15) is 0 Å². The Morgan fingerprint density at radius 1 is 1.00 bits per heavy atom.